The summed E-state index contributed by atoms with van der Waals surface area (Å²) in [4.78, 5) is 11.6. The van der Waals surface area contributed by atoms with Crippen molar-refractivity contribution in [2.24, 2.45) is 7.05 Å². The average molecular weight is 334 g/mol. The van der Waals surface area contributed by atoms with E-state index >= 15 is 0 Å². The van der Waals surface area contributed by atoms with Gasteiger partial charge in [0.15, 0.2) is 0 Å². The number of benzene rings is 2. The Kier molecular flexibility index (Phi) is 5.52. The van der Waals surface area contributed by atoms with Crippen molar-refractivity contribution in [3.05, 3.63) is 78.0 Å². The fraction of sp³-hybridized carbons (Fsp3) is 0.190. The highest BCUT2D eigenvalue weighted by atomic mass is 16.5. The lowest BCUT2D eigenvalue weighted by molar-refractivity contribution is 0.140. The molecule has 25 heavy (non-hydrogen) atoms. The maximum atomic E-state index is 11.6. The van der Waals surface area contributed by atoms with Crippen LogP contribution in [0, 0.1) is 0 Å². The Morgan fingerprint density at radius 1 is 1.16 bits per heavy atom. The molecule has 0 spiro atoms. The van der Waals surface area contributed by atoms with E-state index in [9.17, 15) is 4.79 Å². The molecule has 2 aromatic carbocycles. The van der Waals surface area contributed by atoms with Crippen molar-refractivity contribution in [1.29, 1.82) is 0 Å². The van der Waals surface area contributed by atoms with Crippen LogP contribution < -0.4 is 5.32 Å². The van der Waals surface area contributed by atoms with Crippen molar-refractivity contribution < 1.29 is 9.53 Å². The second-order valence-corrected chi connectivity index (χ2v) is 5.92. The lowest BCUT2D eigenvalue weighted by Gasteiger charge is -2.05. The molecular formula is C21H22N2O2. The molecule has 0 aliphatic carbocycles. The van der Waals surface area contributed by atoms with E-state index in [1.165, 1.54) is 10.9 Å². The number of aryl methyl sites for hydroxylation is 1. The third-order valence-corrected chi connectivity index (χ3v) is 4.01. The lowest BCUT2D eigenvalue weighted by atomic mass is 10.1. The van der Waals surface area contributed by atoms with E-state index < -0.39 is 0 Å². The molecule has 0 saturated carbocycles. The summed E-state index contributed by atoms with van der Waals surface area (Å²) in [6.07, 6.45) is 6.56. The smallest absolute Gasteiger partial charge is 0.407 e. The minimum Gasteiger partial charge on any atom is -0.445 e. The first-order chi connectivity index (χ1) is 12.2. The molecule has 0 fully saturated rings. The molecule has 0 unspecified atom stereocenters. The maximum Gasteiger partial charge on any atom is 0.407 e. The Labute approximate surface area is 147 Å². The molecule has 0 atom stereocenters. The van der Waals surface area contributed by atoms with Crippen molar-refractivity contribution in [3.63, 3.8) is 0 Å². The molecule has 0 saturated heterocycles. The molecule has 0 aliphatic heterocycles. The van der Waals surface area contributed by atoms with Gasteiger partial charge in [0.05, 0.1) is 0 Å². The van der Waals surface area contributed by atoms with Crippen LogP contribution in [0.4, 0.5) is 4.79 Å². The summed E-state index contributed by atoms with van der Waals surface area (Å²) in [7, 11) is 2.04. The van der Waals surface area contributed by atoms with Crippen molar-refractivity contribution in [2.45, 2.75) is 13.0 Å². The summed E-state index contributed by atoms with van der Waals surface area (Å²) in [6, 6.07) is 18.1. The number of nitrogens with one attached hydrogen (secondary N) is 1. The molecule has 1 N–H and O–H groups in total. The van der Waals surface area contributed by atoms with E-state index in [0.717, 1.165) is 17.5 Å². The van der Waals surface area contributed by atoms with Crippen molar-refractivity contribution in [1.82, 2.24) is 9.88 Å². The SMILES string of the molecule is Cn1ccc2cc(C=CCCNC(=O)OCc3ccccc3)ccc21. The van der Waals surface area contributed by atoms with Crippen LogP contribution in [0.3, 0.4) is 0 Å². The first-order valence-electron chi connectivity index (χ1n) is 8.38. The second-order valence-electron chi connectivity index (χ2n) is 5.92. The molecule has 128 valence electrons. The van der Waals surface area contributed by atoms with Crippen LogP contribution >= 0.6 is 0 Å². The van der Waals surface area contributed by atoms with E-state index in [1.54, 1.807) is 0 Å². The number of amides is 1. The normalized spacial score (nSPS) is 11.1. The highest BCUT2D eigenvalue weighted by Gasteiger charge is 2.01. The molecule has 1 amide bonds. The van der Waals surface area contributed by atoms with E-state index in [4.69, 9.17) is 4.74 Å². The predicted octanol–water partition coefficient (Wildman–Crippen LogP) is 4.51. The quantitative estimate of drug-likeness (QED) is 0.674. The van der Waals surface area contributed by atoms with Gasteiger partial charge in [-0.05, 0) is 35.7 Å². The molecule has 4 heteroatoms. The zero-order chi connectivity index (χ0) is 17.5. The Balaban J connectivity index is 1.39. The molecule has 1 aromatic heterocycles. The average Bonchev–Trinajstić information content (AvgIpc) is 3.01. The molecule has 3 rings (SSSR count). The fourth-order valence-corrected chi connectivity index (χ4v) is 2.65. The van der Waals surface area contributed by atoms with Crippen LogP contribution in [-0.4, -0.2) is 17.2 Å². The highest BCUT2D eigenvalue weighted by molar-refractivity contribution is 5.82. The van der Waals surface area contributed by atoms with Crippen LogP contribution in [0.25, 0.3) is 17.0 Å². The van der Waals surface area contributed by atoms with Crippen molar-refractivity contribution >= 4 is 23.1 Å². The maximum absolute atomic E-state index is 11.6. The second kappa shape index (κ2) is 8.20. The molecule has 1 heterocycles. The summed E-state index contributed by atoms with van der Waals surface area (Å²) in [6.45, 7) is 0.845. The van der Waals surface area contributed by atoms with Crippen LogP contribution in [0.15, 0.2) is 66.9 Å². The van der Waals surface area contributed by atoms with E-state index in [-0.39, 0.29) is 6.09 Å². The third kappa shape index (κ3) is 4.73. The van der Waals surface area contributed by atoms with Gasteiger partial charge in [-0.2, -0.15) is 0 Å². The van der Waals surface area contributed by atoms with E-state index in [2.05, 4.69) is 52.5 Å². The standard InChI is InChI=1S/C21H22N2O2/c1-23-14-12-19-15-17(10-11-20(19)23)7-5-6-13-22-21(24)25-16-18-8-3-2-4-9-18/h2-5,7-12,14-15H,6,13,16H2,1H3,(H,22,24). The van der Waals surface area contributed by atoms with Gasteiger partial charge in [0.2, 0.25) is 0 Å². The largest absolute Gasteiger partial charge is 0.445 e. The molecular weight excluding hydrogens is 312 g/mol. The van der Waals surface area contributed by atoms with Gasteiger partial charge in [-0.1, -0.05) is 48.6 Å². The third-order valence-electron chi connectivity index (χ3n) is 4.01. The summed E-state index contributed by atoms with van der Waals surface area (Å²) >= 11 is 0. The Bertz CT molecular complexity index is 866. The first-order valence-corrected chi connectivity index (χ1v) is 8.38. The zero-order valence-electron chi connectivity index (χ0n) is 14.3. The minimum absolute atomic E-state index is 0.291. The highest BCUT2D eigenvalue weighted by Crippen LogP contribution is 2.17. The fourth-order valence-electron chi connectivity index (χ4n) is 2.65. The monoisotopic (exact) mass is 334 g/mol. The van der Waals surface area contributed by atoms with E-state index in [0.29, 0.717) is 13.2 Å². The van der Waals surface area contributed by atoms with Crippen LogP contribution in [-0.2, 0) is 18.4 Å². The van der Waals surface area contributed by atoms with Gasteiger partial charge in [0.25, 0.3) is 0 Å². The summed E-state index contributed by atoms with van der Waals surface area (Å²) < 4.78 is 7.27. The number of nitrogens with zero attached hydrogens (tertiary/aromatic N) is 1. The topological polar surface area (TPSA) is 43.3 Å². The summed E-state index contributed by atoms with van der Waals surface area (Å²) in [5.41, 5.74) is 3.36. The predicted molar refractivity (Wildman–Crippen MR) is 101 cm³/mol. The van der Waals surface area contributed by atoms with E-state index in [1.807, 2.05) is 37.4 Å². The van der Waals surface area contributed by atoms with Gasteiger partial charge < -0.3 is 14.6 Å². The molecule has 0 radical (unpaired) electrons. The van der Waals surface area contributed by atoms with Crippen LogP contribution in [0.2, 0.25) is 0 Å². The first kappa shape index (κ1) is 16.8. The molecule has 0 bridgehead atoms. The van der Waals surface area contributed by atoms with Gasteiger partial charge in [0, 0.05) is 30.7 Å². The molecule has 4 nitrogen and oxygen atoms in total. The van der Waals surface area contributed by atoms with Crippen LogP contribution in [0.5, 0.6) is 0 Å². The lowest BCUT2D eigenvalue weighted by Crippen LogP contribution is -2.24. The minimum atomic E-state index is -0.386. The number of carbonyl (C=O) groups excluding carboxylic acids is 1. The van der Waals surface area contributed by atoms with Gasteiger partial charge in [0.1, 0.15) is 6.61 Å². The Hall–Kier alpha value is -3.01. The zero-order valence-corrected chi connectivity index (χ0v) is 14.3. The number of alkyl carbamates (subject to hydrolysis) is 1. The summed E-state index contributed by atoms with van der Waals surface area (Å²) in [5.74, 6) is 0. The van der Waals surface area contributed by atoms with Gasteiger partial charge in [-0.3, -0.25) is 0 Å². The van der Waals surface area contributed by atoms with Crippen LogP contribution in [0.1, 0.15) is 17.5 Å². The number of aromatic nitrogens is 1. The molecule has 3 aromatic rings. The Morgan fingerprint density at radius 2 is 2.00 bits per heavy atom. The van der Waals surface area contributed by atoms with Crippen molar-refractivity contribution in [2.75, 3.05) is 6.54 Å². The number of ether oxygens (including phenoxy) is 1. The van der Waals surface area contributed by atoms with Gasteiger partial charge in [-0.15, -0.1) is 0 Å². The number of rotatable bonds is 6. The Morgan fingerprint density at radius 3 is 2.84 bits per heavy atom. The number of hydrogen-bond donors (Lipinski definition) is 1. The number of fused-ring (bicyclic) bond motifs is 1. The van der Waals surface area contributed by atoms with Gasteiger partial charge in [-0.25, -0.2) is 4.79 Å². The molecule has 0 aliphatic rings. The summed E-state index contributed by atoms with van der Waals surface area (Å²) in [5, 5.41) is 3.99. The van der Waals surface area contributed by atoms with Gasteiger partial charge >= 0.3 is 6.09 Å². The number of hydrogen-bond acceptors (Lipinski definition) is 2. The number of carbonyl (C=O) groups is 1. The van der Waals surface area contributed by atoms with Crippen molar-refractivity contribution in [3.8, 4) is 0 Å².